The van der Waals surface area contributed by atoms with Crippen LogP contribution >= 0.6 is 0 Å². The predicted molar refractivity (Wildman–Crippen MR) is 101 cm³/mol. The minimum atomic E-state index is -0.936. The molecule has 1 amide bonds. The van der Waals surface area contributed by atoms with Gasteiger partial charge in [-0.25, -0.2) is 8.78 Å². The standard InChI is InChI=1S/C21H25F2NO3/c1-5-27-19-13(11-12-25)9-10-14(21(2,3)4)18(19)24-20(26)17-15(22)7-6-8-16(17)23/h6-10,25H,5,11-12H2,1-4H3,(H,24,26). The Morgan fingerprint density at radius 1 is 1.15 bits per heavy atom. The van der Waals surface area contributed by atoms with Crippen LogP contribution in [-0.2, 0) is 11.8 Å². The first-order valence-corrected chi connectivity index (χ1v) is 8.86. The molecule has 0 saturated heterocycles. The van der Waals surface area contributed by atoms with E-state index < -0.39 is 23.1 Å². The second-order valence-electron chi connectivity index (χ2n) is 7.18. The lowest BCUT2D eigenvalue weighted by Crippen LogP contribution is -2.22. The second-order valence-corrected chi connectivity index (χ2v) is 7.18. The molecule has 4 nitrogen and oxygen atoms in total. The molecule has 0 fully saturated rings. The van der Waals surface area contributed by atoms with Crippen molar-refractivity contribution in [3.8, 4) is 5.75 Å². The van der Waals surface area contributed by atoms with Crippen LogP contribution < -0.4 is 10.1 Å². The molecular weight excluding hydrogens is 352 g/mol. The van der Waals surface area contributed by atoms with Crippen molar-refractivity contribution in [2.75, 3.05) is 18.5 Å². The number of nitrogens with one attached hydrogen (secondary N) is 1. The Morgan fingerprint density at radius 3 is 2.30 bits per heavy atom. The highest BCUT2D eigenvalue weighted by atomic mass is 19.1. The van der Waals surface area contributed by atoms with E-state index in [1.54, 1.807) is 6.92 Å². The minimum Gasteiger partial charge on any atom is -0.491 e. The average Bonchev–Trinajstić information content (AvgIpc) is 2.56. The highest BCUT2D eigenvalue weighted by molar-refractivity contribution is 6.06. The number of benzene rings is 2. The highest BCUT2D eigenvalue weighted by Gasteiger charge is 2.26. The minimum absolute atomic E-state index is 0.0930. The predicted octanol–water partition coefficient (Wildman–Crippen LogP) is 4.45. The van der Waals surface area contributed by atoms with Crippen LogP contribution in [0.2, 0.25) is 0 Å². The van der Waals surface area contributed by atoms with Gasteiger partial charge in [0.05, 0.1) is 12.3 Å². The van der Waals surface area contributed by atoms with E-state index in [2.05, 4.69) is 5.32 Å². The zero-order chi connectivity index (χ0) is 20.2. The van der Waals surface area contributed by atoms with Gasteiger partial charge in [-0.15, -0.1) is 0 Å². The lowest BCUT2D eigenvalue weighted by Gasteiger charge is -2.26. The van der Waals surface area contributed by atoms with Crippen LogP contribution in [0.4, 0.5) is 14.5 Å². The van der Waals surface area contributed by atoms with Crippen molar-refractivity contribution in [2.45, 2.75) is 39.5 Å². The van der Waals surface area contributed by atoms with Crippen molar-refractivity contribution in [1.29, 1.82) is 0 Å². The number of carbonyl (C=O) groups is 1. The normalized spacial score (nSPS) is 11.4. The van der Waals surface area contributed by atoms with E-state index in [-0.39, 0.29) is 12.0 Å². The number of rotatable bonds is 6. The number of ether oxygens (including phenoxy) is 1. The molecule has 0 radical (unpaired) electrons. The Bertz CT molecular complexity index is 809. The van der Waals surface area contributed by atoms with E-state index >= 15 is 0 Å². The van der Waals surface area contributed by atoms with Crippen molar-refractivity contribution < 1.29 is 23.4 Å². The third kappa shape index (κ3) is 4.63. The van der Waals surface area contributed by atoms with Gasteiger partial charge in [0.1, 0.15) is 22.9 Å². The van der Waals surface area contributed by atoms with Crippen LogP contribution in [0.3, 0.4) is 0 Å². The average molecular weight is 377 g/mol. The molecule has 0 bridgehead atoms. The van der Waals surface area contributed by atoms with Crippen molar-refractivity contribution in [1.82, 2.24) is 0 Å². The first-order chi connectivity index (χ1) is 12.7. The van der Waals surface area contributed by atoms with Crippen molar-refractivity contribution in [2.24, 2.45) is 0 Å². The summed E-state index contributed by atoms with van der Waals surface area (Å²) in [6, 6.07) is 6.94. The summed E-state index contributed by atoms with van der Waals surface area (Å²) < 4.78 is 33.8. The van der Waals surface area contributed by atoms with Gasteiger partial charge in [0.2, 0.25) is 0 Å². The molecule has 27 heavy (non-hydrogen) atoms. The monoisotopic (exact) mass is 377 g/mol. The fraction of sp³-hybridized carbons (Fsp3) is 0.381. The van der Waals surface area contributed by atoms with Crippen molar-refractivity contribution >= 4 is 11.6 Å². The number of aliphatic hydroxyl groups is 1. The summed E-state index contributed by atoms with van der Waals surface area (Å²) in [6.45, 7) is 7.93. The fourth-order valence-corrected chi connectivity index (χ4v) is 2.89. The molecule has 0 aliphatic heterocycles. The fourth-order valence-electron chi connectivity index (χ4n) is 2.89. The van der Waals surface area contributed by atoms with E-state index in [0.717, 1.165) is 17.7 Å². The van der Waals surface area contributed by atoms with Gasteiger partial charge in [-0.05, 0) is 42.0 Å². The molecule has 2 aromatic rings. The molecule has 0 spiro atoms. The van der Waals surface area contributed by atoms with Crippen LogP contribution in [0.1, 0.15) is 49.2 Å². The molecular formula is C21H25F2NO3. The zero-order valence-corrected chi connectivity index (χ0v) is 16.0. The van der Waals surface area contributed by atoms with Crippen molar-refractivity contribution in [3.05, 3.63) is 58.7 Å². The number of anilines is 1. The van der Waals surface area contributed by atoms with Gasteiger partial charge in [-0.2, -0.15) is 0 Å². The molecule has 0 aromatic heterocycles. The maximum Gasteiger partial charge on any atom is 0.261 e. The lowest BCUT2D eigenvalue weighted by atomic mass is 9.84. The third-order valence-corrected chi connectivity index (χ3v) is 4.15. The maximum atomic E-state index is 14.0. The highest BCUT2D eigenvalue weighted by Crippen LogP contribution is 2.39. The number of aliphatic hydroxyl groups excluding tert-OH is 1. The van der Waals surface area contributed by atoms with Crippen LogP contribution in [0.5, 0.6) is 5.75 Å². The summed E-state index contributed by atoms with van der Waals surface area (Å²) in [6.07, 6.45) is 0.330. The molecule has 6 heteroatoms. The molecule has 2 rings (SSSR count). The Balaban J connectivity index is 2.61. The van der Waals surface area contributed by atoms with E-state index in [0.29, 0.717) is 30.0 Å². The van der Waals surface area contributed by atoms with E-state index in [1.165, 1.54) is 6.07 Å². The first kappa shape index (κ1) is 20.8. The number of halogens is 2. The smallest absolute Gasteiger partial charge is 0.261 e. The van der Waals surface area contributed by atoms with Gasteiger partial charge in [-0.1, -0.05) is 39.0 Å². The Morgan fingerprint density at radius 2 is 1.78 bits per heavy atom. The Labute approximate surface area is 158 Å². The molecule has 0 unspecified atom stereocenters. The summed E-state index contributed by atoms with van der Waals surface area (Å²) in [4.78, 5) is 12.7. The third-order valence-electron chi connectivity index (χ3n) is 4.15. The number of hydrogen-bond acceptors (Lipinski definition) is 3. The molecule has 0 saturated carbocycles. The topological polar surface area (TPSA) is 58.6 Å². The largest absolute Gasteiger partial charge is 0.491 e. The van der Waals surface area contributed by atoms with Crippen LogP contribution in [0.15, 0.2) is 30.3 Å². The van der Waals surface area contributed by atoms with Gasteiger partial charge in [0.25, 0.3) is 5.91 Å². The van der Waals surface area contributed by atoms with Crippen LogP contribution in [0, 0.1) is 11.6 Å². The number of hydrogen-bond donors (Lipinski definition) is 2. The summed E-state index contributed by atoms with van der Waals surface area (Å²) >= 11 is 0. The SMILES string of the molecule is CCOc1c(CCO)ccc(C(C)(C)C)c1NC(=O)c1c(F)cccc1F. The second kappa shape index (κ2) is 8.48. The number of amides is 1. The summed E-state index contributed by atoms with van der Waals surface area (Å²) in [5, 5.41) is 12.0. The van der Waals surface area contributed by atoms with Gasteiger partial charge in [0.15, 0.2) is 0 Å². The molecule has 0 atom stereocenters. The molecule has 146 valence electrons. The maximum absolute atomic E-state index is 14.0. The van der Waals surface area contributed by atoms with Crippen molar-refractivity contribution in [3.63, 3.8) is 0 Å². The van der Waals surface area contributed by atoms with Gasteiger partial charge in [-0.3, -0.25) is 4.79 Å². The summed E-state index contributed by atoms with van der Waals surface area (Å²) in [5.74, 6) is -2.36. The van der Waals surface area contributed by atoms with E-state index in [1.807, 2.05) is 32.9 Å². The lowest BCUT2D eigenvalue weighted by molar-refractivity contribution is 0.101. The molecule has 2 aromatic carbocycles. The Hall–Kier alpha value is -2.47. The van der Waals surface area contributed by atoms with Gasteiger partial charge < -0.3 is 15.2 Å². The van der Waals surface area contributed by atoms with Crippen LogP contribution in [0.25, 0.3) is 0 Å². The zero-order valence-electron chi connectivity index (χ0n) is 16.0. The molecule has 0 aliphatic rings. The Kier molecular flexibility index (Phi) is 6.54. The molecule has 0 heterocycles. The number of carbonyl (C=O) groups excluding carboxylic acids is 1. The van der Waals surface area contributed by atoms with E-state index in [4.69, 9.17) is 4.74 Å². The molecule has 0 aliphatic carbocycles. The summed E-state index contributed by atoms with van der Waals surface area (Å²) in [7, 11) is 0. The quantitative estimate of drug-likeness (QED) is 0.782. The van der Waals surface area contributed by atoms with E-state index in [9.17, 15) is 18.7 Å². The van der Waals surface area contributed by atoms with Gasteiger partial charge >= 0.3 is 0 Å². The first-order valence-electron chi connectivity index (χ1n) is 8.86. The van der Waals surface area contributed by atoms with Gasteiger partial charge in [0, 0.05) is 6.61 Å². The molecule has 2 N–H and O–H groups in total. The van der Waals surface area contributed by atoms with Crippen LogP contribution in [-0.4, -0.2) is 24.2 Å². The summed E-state index contributed by atoms with van der Waals surface area (Å²) in [5.41, 5.74) is 0.824.